The van der Waals surface area contributed by atoms with Crippen LogP contribution in [0.15, 0.2) is 0 Å². The molecule has 1 heterocycles. The Kier molecular flexibility index (Phi) is 1.54. The Labute approximate surface area is 53.3 Å². The largest absolute Gasteiger partial charge is 0.348 e. The average Bonchev–Trinajstić information content (AvgIpc) is 2.13. The molecular weight excluding hydrogens is 120 g/mol. The molecule has 0 spiro atoms. The van der Waals surface area contributed by atoms with E-state index in [0.29, 0.717) is 0 Å². The fourth-order valence-electron chi connectivity index (χ4n) is 0.616. The third-order valence-electron chi connectivity index (χ3n) is 1.08. The predicted molar refractivity (Wildman–Crippen MR) is 31.8 cm³/mol. The van der Waals surface area contributed by atoms with Crippen LogP contribution in [0.2, 0.25) is 0 Å². The van der Waals surface area contributed by atoms with Crippen LogP contribution in [-0.2, 0) is 0 Å². The molecule has 1 rings (SSSR count). The van der Waals surface area contributed by atoms with Crippen molar-refractivity contribution in [3.05, 3.63) is 0 Å². The van der Waals surface area contributed by atoms with Crippen molar-refractivity contribution in [2.24, 2.45) is 0 Å². The lowest BCUT2D eigenvalue weighted by molar-refractivity contribution is 0.176. The zero-order chi connectivity index (χ0) is 6.85. The molecule has 52 valence electrons. The molecule has 1 aliphatic rings. The molecular formula is C4H10N4O. The average molecular weight is 130 g/mol. The van der Waals surface area contributed by atoms with Gasteiger partial charge in [0.25, 0.3) is 0 Å². The van der Waals surface area contributed by atoms with Gasteiger partial charge < -0.3 is 0 Å². The predicted octanol–water partition coefficient (Wildman–Crippen LogP) is -0.656. The SMILES string of the molecule is CC(C)N1NNNC1=O. The Bertz CT molecular complexity index is 124. The standard InChI is InChI=1S/C4H10N4O/c1-3(2)8-4(9)5-6-7-8/h3,6-7H,1-2H3,(H,5,9). The molecule has 0 bridgehead atoms. The number of rotatable bonds is 1. The van der Waals surface area contributed by atoms with Crippen LogP contribution in [0.5, 0.6) is 0 Å². The molecule has 0 radical (unpaired) electrons. The van der Waals surface area contributed by atoms with E-state index in [-0.39, 0.29) is 12.1 Å². The number of nitrogens with one attached hydrogen (secondary N) is 3. The minimum Gasteiger partial charge on any atom is -0.257 e. The molecule has 3 N–H and O–H groups in total. The summed E-state index contributed by atoms with van der Waals surface area (Å²) in [5, 5.41) is 1.46. The molecule has 1 saturated heterocycles. The first-order chi connectivity index (χ1) is 4.22. The summed E-state index contributed by atoms with van der Waals surface area (Å²) in [6.07, 6.45) is 0. The van der Waals surface area contributed by atoms with Crippen LogP contribution in [-0.4, -0.2) is 17.1 Å². The van der Waals surface area contributed by atoms with Crippen molar-refractivity contribution in [1.29, 1.82) is 0 Å². The van der Waals surface area contributed by atoms with Crippen LogP contribution in [0.4, 0.5) is 4.79 Å². The highest BCUT2D eigenvalue weighted by atomic mass is 16.2. The van der Waals surface area contributed by atoms with Crippen LogP contribution in [0.25, 0.3) is 0 Å². The van der Waals surface area contributed by atoms with Crippen LogP contribution in [0, 0.1) is 0 Å². The van der Waals surface area contributed by atoms with Gasteiger partial charge in [-0.1, -0.05) is 0 Å². The first-order valence-corrected chi connectivity index (χ1v) is 2.81. The number of hydrogen-bond donors (Lipinski definition) is 3. The summed E-state index contributed by atoms with van der Waals surface area (Å²) in [5.41, 5.74) is 7.49. The van der Waals surface area contributed by atoms with Crippen molar-refractivity contribution in [2.75, 3.05) is 0 Å². The lowest BCUT2D eigenvalue weighted by Gasteiger charge is -2.16. The second-order valence-electron chi connectivity index (χ2n) is 2.13. The summed E-state index contributed by atoms with van der Waals surface area (Å²) in [6, 6.07) is 0.0185. The Morgan fingerprint density at radius 3 is 2.44 bits per heavy atom. The Morgan fingerprint density at radius 1 is 1.56 bits per heavy atom. The van der Waals surface area contributed by atoms with E-state index in [1.807, 2.05) is 13.8 Å². The molecule has 5 heteroatoms. The number of amides is 2. The van der Waals surface area contributed by atoms with Gasteiger partial charge in [0.15, 0.2) is 0 Å². The van der Waals surface area contributed by atoms with Crippen LogP contribution < -0.4 is 16.5 Å². The molecule has 9 heavy (non-hydrogen) atoms. The highest BCUT2D eigenvalue weighted by molar-refractivity contribution is 5.74. The molecule has 0 atom stereocenters. The van der Waals surface area contributed by atoms with Crippen LogP contribution in [0.1, 0.15) is 13.8 Å². The Balaban J connectivity index is 2.49. The Morgan fingerprint density at radius 2 is 2.22 bits per heavy atom. The van der Waals surface area contributed by atoms with Crippen molar-refractivity contribution >= 4 is 6.03 Å². The number of carbonyl (C=O) groups excluding carboxylic acids is 1. The van der Waals surface area contributed by atoms with Crippen molar-refractivity contribution < 1.29 is 4.79 Å². The van der Waals surface area contributed by atoms with Crippen molar-refractivity contribution in [3.8, 4) is 0 Å². The molecule has 0 aliphatic carbocycles. The van der Waals surface area contributed by atoms with Gasteiger partial charge in [0.2, 0.25) is 0 Å². The van der Waals surface area contributed by atoms with Crippen LogP contribution >= 0.6 is 0 Å². The van der Waals surface area contributed by atoms with E-state index in [9.17, 15) is 4.79 Å². The minimum atomic E-state index is -0.148. The van der Waals surface area contributed by atoms with Gasteiger partial charge in [-0.3, -0.25) is 5.43 Å². The zero-order valence-corrected chi connectivity index (χ0v) is 5.43. The molecule has 2 amide bonds. The van der Waals surface area contributed by atoms with Gasteiger partial charge in [-0.25, -0.2) is 9.80 Å². The van der Waals surface area contributed by atoms with E-state index in [2.05, 4.69) is 16.5 Å². The molecule has 0 aromatic heterocycles. The number of carbonyl (C=O) groups is 1. The summed E-state index contributed by atoms with van der Waals surface area (Å²) in [5.74, 6) is 0. The molecule has 5 nitrogen and oxygen atoms in total. The Hall–Kier alpha value is -0.810. The topological polar surface area (TPSA) is 56.4 Å². The van der Waals surface area contributed by atoms with Gasteiger partial charge in [-0.15, -0.1) is 11.1 Å². The highest BCUT2D eigenvalue weighted by Gasteiger charge is 2.20. The summed E-state index contributed by atoms with van der Waals surface area (Å²) in [6.45, 7) is 3.83. The van der Waals surface area contributed by atoms with E-state index >= 15 is 0 Å². The minimum absolute atomic E-state index is 0.148. The lowest BCUT2D eigenvalue weighted by Crippen LogP contribution is -2.42. The van der Waals surface area contributed by atoms with E-state index < -0.39 is 0 Å². The third kappa shape index (κ3) is 1.11. The normalized spacial score (nSPS) is 19.0. The van der Waals surface area contributed by atoms with E-state index in [1.54, 1.807) is 0 Å². The summed E-state index contributed by atoms with van der Waals surface area (Å²) in [7, 11) is 0. The molecule has 0 aromatic rings. The number of nitrogens with zero attached hydrogens (tertiary/aromatic N) is 1. The van der Waals surface area contributed by atoms with E-state index in [0.717, 1.165) is 0 Å². The number of urea groups is 1. The molecule has 0 aromatic carbocycles. The third-order valence-corrected chi connectivity index (χ3v) is 1.08. The second kappa shape index (κ2) is 2.20. The smallest absolute Gasteiger partial charge is 0.257 e. The monoisotopic (exact) mass is 130 g/mol. The molecule has 1 fully saturated rings. The quantitative estimate of drug-likeness (QED) is 0.442. The van der Waals surface area contributed by atoms with Gasteiger partial charge in [-0.05, 0) is 13.8 Å². The second-order valence-corrected chi connectivity index (χ2v) is 2.13. The summed E-state index contributed by atoms with van der Waals surface area (Å²) in [4.78, 5) is 10.7. The summed E-state index contributed by atoms with van der Waals surface area (Å²) < 4.78 is 0. The van der Waals surface area contributed by atoms with E-state index in [4.69, 9.17) is 0 Å². The lowest BCUT2D eigenvalue weighted by atomic mass is 10.4. The van der Waals surface area contributed by atoms with Gasteiger partial charge in [0, 0.05) is 6.04 Å². The molecule has 0 unspecified atom stereocenters. The summed E-state index contributed by atoms with van der Waals surface area (Å²) >= 11 is 0. The fraction of sp³-hybridized carbons (Fsp3) is 0.750. The fourth-order valence-corrected chi connectivity index (χ4v) is 0.616. The maximum Gasteiger partial charge on any atom is 0.348 e. The van der Waals surface area contributed by atoms with Gasteiger partial charge in [-0.2, -0.15) is 0 Å². The van der Waals surface area contributed by atoms with Crippen molar-refractivity contribution in [3.63, 3.8) is 0 Å². The highest BCUT2D eigenvalue weighted by Crippen LogP contribution is 1.94. The maximum absolute atomic E-state index is 10.7. The number of hydrazine groups is 3. The van der Waals surface area contributed by atoms with Crippen LogP contribution in [0.3, 0.4) is 0 Å². The molecule has 0 saturated carbocycles. The van der Waals surface area contributed by atoms with E-state index in [1.165, 1.54) is 5.01 Å². The van der Waals surface area contributed by atoms with Gasteiger partial charge in [0.05, 0.1) is 0 Å². The van der Waals surface area contributed by atoms with Gasteiger partial charge >= 0.3 is 6.03 Å². The first-order valence-electron chi connectivity index (χ1n) is 2.81. The zero-order valence-electron chi connectivity index (χ0n) is 5.43. The molecule has 1 aliphatic heterocycles. The van der Waals surface area contributed by atoms with Crippen molar-refractivity contribution in [2.45, 2.75) is 19.9 Å². The first kappa shape index (κ1) is 6.31. The van der Waals surface area contributed by atoms with Crippen molar-refractivity contribution in [1.82, 2.24) is 21.5 Å². The van der Waals surface area contributed by atoms with Gasteiger partial charge in [0.1, 0.15) is 0 Å². The maximum atomic E-state index is 10.7. The number of hydrogen-bond acceptors (Lipinski definition) is 3.